The molecule has 0 aliphatic heterocycles. The van der Waals surface area contributed by atoms with E-state index in [9.17, 15) is 0 Å². The molecule has 184 valence electrons. The Morgan fingerprint density at radius 2 is 1.42 bits per heavy atom. The molecule has 1 aliphatic rings. The molecule has 0 saturated heterocycles. The Labute approximate surface area is 207 Å². The molecule has 0 aromatic heterocycles. The molecule has 0 heterocycles. The lowest BCUT2D eigenvalue weighted by molar-refractivity contribution is -0.0726. The van der Waals surface area contributed by atoms with Gasteiger partial charge in [0.1, 0.15) is 0 Å². The lowest BCUT2D eigenvalue weighted by atomic mass is 9.45. The molecule has 0 aromatic rings. The second kappa shape index (κ2) is 14.4. The molecular formula is C33H52. The average molecular weight is 449 g/mol. The zero-order chi connectivity index (χ0) is 24.9. The highest BCUT2D eigenvalue weighted by atomic mass is 14.6. The highest BCUT2D eigenvalue weighted by molar-refractivity contribution is 5.24. The maximum Gasteiger partial charge on any atom is -0.0130 e. The number of unbranched alkanes of at least 4 members (excludes halogenated alkanes) is 2. The average Bonchev–Trinajstić information content (AvgIpc) is 3.51. The molecule has 0 radical (unpaired) electrons. The summed E-state index contributed by atoms with van der Waals surface area (Å²) in [5.74, 6) is 2.12. The highest BCUT2D eigenvalue weighted by Crippen LogP contribution is 2.63. The van der Waals surface area contributed by atoms with Gasteiger partial charge < -0.3 is 0 Å². The van der Waals surface area contributed by atoms with Crippen molar-refractivity contribution in [2.24, 2.45) is 34.5 Å². The molecule has 33 heavy (non-hydrogen) atoms. The number of hydrogen-bond donors (Lipinski definition) is 0. The van der Waals surface area contributed by atoms with E-state index in [-0.39, 0.29) is 10.8 Å². The van der Waals surface area contributed by atoms with Gasteiger partial charge in [0.25, 0.3) is 0 Å². The lowest BCUT2D eigenvalue weighted by Crippen LogP contribution is -2.52. The Balaban J connectivity index is 3.81. The summed E-state index contributed by atoms with van der Waals surface area (Å²) < 4.78 is 0. The van der Waals surface area contributed by atoms with Gasteiger partial charge in [-0.05, 0) is 92.3 Å². The molecule has 0 bridgehead atoms. The first-order valence-electron chi connectivity index (χ1n) is 13.2. The molecule has 0 aromatic carbocycles. The zero-order valence-electron chi connectivity index (χ0n) is 22.2. The topological polar surface area (TPSA) is 0 Å². The van der Waals surface area contributed by atoms with Crippen molar-refractivity contribution in [3.05, 3.63) is 87.6 Å². The molecule has 6 atom stereocenters. The van der Waals surface area contributed by atoms with Crippen molar-refractivity contribution in [1.82, 2.24) is 0 Å². The number of hydrogen-bond acceptors (Lipinski definition) is 0. The molecule has 0 heteroatoms. The maximum absolute atomic E-state index is 4.30. The van der Waals surface area contributed by atoms with Crippen molar-refractivity contribution in [2.45, 2.75) is 85.0 Å². The molecule has 0 spiro atoms. The summed E-state index contributed by atoms with van der Waals surface area (Å²) in [6.07, 6.45) is 26.4. The molecule has 1 rings (SSSR count). The lowest BCUT2D eigenvalue weighted by Gasteiger charge is -2.59. The summed E-state index contributed by atoms with van der Waals surface area (Å²) in [5.41, 5.74) is 1.74. The van der Waals surface area contributed by atoms with Gasteiger partial charge in [0.2, 0.25) is 0 Å². The van der Waals surface area contributed by atoms with Crippen molar-refractivity contribution in [2.75, 3.05) is 0 Å². The molecular weight excluding hydrogens is 396 g/mol. The second-order valence-corrected chi connectivity index (χ2v) is 10.6. The smallest absolute Gasteiger partial charge is 0.0130 e. The van der Waals surface area contributed by atoms with Crippen LogP contribution in [-0.4, -0.2) is 0 Å². The van der Waals surface area contributed by atoms with Crippen LogP contribution in [0.2, 0.25) is 0 Å². The molecule has 6 unspecified atom stereocenters. The van der Waals surface area contributed by atoms with Crippen LogP contribution < -0.4 is 0 Å². The predicted octanol–water partition coefficient (Wildman–Crippen LogP) is 10.4. The van der Waals surface area contributed by atoms with E-state index < -0.39 is 0 Å². The van der Waals surface area contributed by atoms with Gasteiger partial charge in [-0.2, -0.15) is 0 Å². The Hall–Kier alpha value is -1.82. The van der Waals surface area contributed by atoms with Crippen LogP contribution in [0.4, 0.5) is 0 Å². The van der Waals surface area contributed by atoms with E-state index in [2.05, 4.69) is 103 Å². The monoisotopic (exact) mass is 448 g/mol. The highest BCUT2D eigenvalue weighted by Gasteiger charge is 2.55. The minimum atomic E-state index is 0.0522. The van der Waals surface area contributed by atoms with Gasteiger partial charge >= 0.3 is 0 Å². The molecule has 0 amide bonds. The quantitative estimate of drug-likeness (QED) is 0.128. The van der Waals surface area contributed by atoms with Crippen LogP contribution in [0.3, 0.4) is 0 Å². The molecule has 1 fully saturated rings. The first kappa shape index (κ1) is 29.2. The minimum absolute atomic E-state index is 0.0522. The minimum Gasteiger partial charge on any atom is -0.103 e. The molecule has 1 aliphatic carbocycles. The summed E-state index contributed by atoms with van der Waals surface area (Å²) in [4.78, 5) is 0. The Bertz CT molecular complexity index is 691. The fourth-order valence-corrected chi connectivity index (χ4v) is 6.55. The van der Waals surface area contributed by atoms with E-state index in [0.29, 0.717) is 17.8 Å². The van der Waals surface area contributed by atoms with Crippen LogP contribution >= 0.6 is 0 Å². The summed E-state index contributed by atoms with van der Waals surface area (Å²) in [6, 6.07) is 0. The summed E-state index contributed by atoms with van der Waals surface area (Å²) in [7, 11) is 0. The van der Waals surface area contributed by atoms with E-state index in [1.54, 1.807) is 5.57 Å². The van der Waals surface area contributed by atoms with Gasteiger partial charge in [-0.25, -0.2) is 0 Å². The van der Waals surface area contributed by atoms with Crippen LogP contribution in [0.1, 0.15) is 85.0 Å². The predicted molar refractivity (Wildman–Crippen MR) is 151 cm³/mol. The van der Waals surface area contributed by atoms with E-state index in [4.69, 9.17) is 0 Å². The van der Waals surface area contributed by atoms with E-state index in [1.807, 2.05) is 0 Å². The van der Waals surface area contributed by atoms with Crippen molar-refractivity contribution in [1.29, 1.82) is 0 Å². The normalized spacial score (nSPS) is 22.8. The second-order valence-electron chi connectivity index (χ2n) is 10.6. The zero-order valence-corrected chi connectivity index (χ0v) is 22.2. The maximum atomic E-state index is 4.30. The largest absolute Gasteiger partial charge is 0.103 e. The van der Waals surface area contributed by atoms with E-state index in [0.717, 1.165) is 44.4 Å². The van der Waals surface area contributed by atoms with Gasteiger partial charge in [-0.1, -0.05) is 75.3 Å². The van der Waals surface area contributed by atoms with Crippen molar-refractivity contribution in [3.63, 3.8) is 0 Å². The summed E-state index contributed by atoms with van der Waals surface area (Å²) >= 11 is 0. The van der Waals surface area contributed by atoms with Crippen molar-refractivity contribution < 1.29 is 0 Å². The fraction of sp³-hybridized carbons (Fsp3) is 0.576. The Morgan fingerprint density at radius 1 is 0.818 bits per heavy atom. The van der Waals surface area contributed by atoms with Gasteiger partial charge in [0.15, 0.2) is 0 Å². The van der Waals surface area contributed by atoms with E-state index >= 15 is 0 Å². The molecule has 0 N–H and O–H groups in total. The van der Waals surface area contributed by atoms with E-state index in [1.165, 1.54) is 25.7 Å². The Morgan fingerprint density at radius 3 is 1.91 bits per heavy atom. The van der Waals surface area contributed by atoms with Crippen LogP contribution in [-0.2, 0) is 0 Å². The molecule has 1 saturated carbocycles. The van der Waals surface area contributed by atoms with Gasteiger partial charge in [0.05, 0.1) is 0 Å². The fourth-order valence-electron chi connectivity index (χ4n) is 6.55. The van der Waals surface area contributed by atoms with Crippen molar-refractivity contribution in [3.8, 4) is 0 Å². The summed E-state index contributed by atoms with van der Waals surface area (Å²) in [6.45, 7) is 32.2. The third-order valence-electron chi connectivity index (χ3n) is 8.61. The van der Waals surface area contributed by atoms with Gasteiger partial charge in [-0.3, -0.25) is 0 Å². The van der Waals surface area contributed by atoms with Crippen LogP contribution in [0, 0.1) is 34.5 Å². The first-order chi connectivity index (χ1) is 15.8. The first-order valence-corrected chi connectivity index (χ1v) is 13.2. The van der Waals surface area contributed by atoms with Gasteiger partial charge in [-0.15, -0.1) is 39.5 Å². The van der Waals surface area contributed by atoms with Crippen LogP contribution in [0.5, 0.6) is 0 Å². The SMILES string of the molecule is C=CCCCCC(CC=C)(C(C)C=C)C(CC=C)(CC=C1CC1C)C(CC=C)C(C)CC=C. The third-order valence-corrected chi connectivity index (χ3v) is 8.61. The number of allylic oxidation sites excluding steroid dienone is 8. The number of rotatable bonds is 20. The standard InChI is InChI=1S/C33H52/c1-10-16-17-18-24-32(22-13-4,29(9)15-6)33(23-14-5,25-21-30-26-28(30)8)31(20-12-3)27(7)19-11-2/h10-15,21,27-29,31H,1-6,16-20,22-26H2,7-9H3. The third kappa shape index (κ3) is 7.08. The van der Waals surface area contributed by atoms with Crippen molar-refractivity contribution >= 4 is 0 Å². The van der Waals surface area contributed by atoms with Crippen LogP contribution in [0.15, 0.2) is 87.6 Å². The van der Waals surface area contributed by atoms with Gasteiger partial charge in [0, 0.05) is 0 Å². The van der Waals surface area contributed by atoms with Crippen LogP contribution in [0.25, 0.3) is 0 Å². The Kier molecular flexibility index (Phi) is 12.8. The molecule has 0 nitrogen and oxygen atoms in total. The summed E-state index contributed by atoms with van der Waals surface area (Å²) in [5, 5.41) is 0.